The number of hydrogen-bond donors (Lipinski definition) is 1. The van der Waals surface area contributed by atoms with Gasteiger partial charge < -0.3 is 9.73 Å². The lowest BCUT2D eigenvalue weighted by Crippen LogP contribution is -2.24. The molecule has 4 aromatic rings. The van der Waals surface area contributed by atoms with Crippen LogP contribution in [0, 0.1) is 6.92 Å². The number of benzene rings is 1. The second-order valence-corrected chi connectivity index (χ2v) is 8.86. The fourth-order valence-electron chi connectivity index (χ4n) is 2.93. The van der Waals surface area contributed by atoms with Crippen LogP contribution in [0.3, 0.4) is 0 Å². The summed E-state index contributed by atoms with van der Waals surface area (Å²) in [6.07, 6.45) is 3.63. The summed E-state index contributed by atoms with van der Waals surface area (Å²) in [6, 6.07) is 11.9. The van der Waals surface area contributed by atoms with Crippen molar-refractivity contribution in [2.45, 2.75) is 37.6 Å². The van der Waals surface area contributed by atoms with E-state index in [2.05, 4.69) is 46.5 Å². The molecule has 0 aliphatic carbocycles. The number of furan rings is 1. The van der Waals surface area contributed by atoms with Crippen molar-refractivity contribution < 1.29 is 9.21 Å². The van der Waals surface area contributed by atoms with E-state index in [9.17, 15) is 4.79 Å². The Labute approximate surface area is 188 Å². The highest BCUT2D eigenvalue weighted by atomic mass is 32.2. The van der Waals surface area contributed by atoms with Crippen LogP contribution >= 0.6 is 23.1 Å². The number of nitrogens with zero attached hydrogens (tertiary/aromatic N) is 4. The maximum absolute atomic E-state index is 12.2. The van der Waals surface area contributed by atoms with Crippen molar-refractivity contribution in [2.24, 2.45) is 0 Å². The third-order valence-electron chi connectivity index (χ3n) is 4.59. The Morgan fingerprint density at radius 3 is 2.81 bits per heavy atom. The molecular formula is C22H23N5O2S2. The van der Waals surface area contributed by atoms with Crippen molar-refractivity contribution in [1.82, 2.24) is 25.1 Å². The van der Waals surface area contributed by atoms with Crippen LogP contribution in [0.5, 0.6) is 0 Å². The number of carbonyl (C=O) groups excluding carboxylic acids is 1. The first kappa shape index (κ1) is 21.3. The topological polar surface area (TPSA) is 85.8 Å². The summed E-state index contributed by atoms with van der Waals surface area (Å²) >= 11 is 3.00. The van der Waals surface area contributed by atoms with Gasteiger partial charge >= 0.3 is 0 Å². The summed E-state index contributed by atoms with van der Waals surface area (Å²) in [5.41, 5.74) is 2.60. The van der Waals surface area contributed by atoms with E-state index in [1.807, 2.05) is 28.8 Å². The summed E-state index contributed by atoms with van der Waals surface area (Å²) in [4.78, 5) is 16.7. The summed E-state index contributed by atoms with van der Waals surface area (Å²) in [5.74, 6) is 1.77. The normalized spacial score (nSPS) is 11.0. The standard InChI is InChI=1S/C22H23N5O2S2/c1-3-4-11-23-21(28)17-13-30-19(24-17)14-31-22-26-25-20(18-6-5-12-29-18)27(22)16-9-7-15(2)8-10-16/h5-10,12-13H,3-4,11,14H2,1-2H3,(H,23,28). The second kappa shape index (κ2) is 9.93. The molecule has 0 saturated carbocycles. The highest BCUT2D eigenvalue weighted by molar-refractivity contribution is 7.98. The van der Waals surface area contributed by atoms with Crippen LogP contribution in [0.25, 0.3) is 17.3 Å². The predicted molar refractivity (Wildman–Crippen MR) is 123 cm³/mol. The molecule has 0 saturated heterocycles. The van der Waals surface area contributed by atoms with Crippen molar-refractivity contribution in [2.75, 3.05) is 6.54 Å². The van der Waals surface area contributed by atoms with Crippen LogP contribution in [-0.4, -0.2) is 32.2 Å². The van der Waals surface area contributed by atoms with E-state index in [1.54, 1.807) is 11.6 Å². The quantitative estimate of drug-likeness (QED) is 0.280. The number of hydrogen-bond acceptors (Lipinski definition) is 7. The van der Waals surface area contributed by atoms with Gasteiger partial charge in [0, 0.05) is 17.6 Å². The summed E-state index contributed by atoms with van der Waals surface area (Å²) in [5, 5.41) is 15.1. The van der Waals surface area contributed by atoms with Gasteiger partial charge in [0.15, 0.2) is 10.9 Å². The molecule has 0 aliphatic rings. The average molecular weight is 454 g/mol. The number of thiazole rings is 1. The molecule has 0 spiro atoms. The largest absolute Gasteiger partial charge is 0.461 e. The van der Waals surface area contributed by atoms with Gasteiger partial charge in [0.1, 0.15) is 10.7 Å². The van der Waals surface area contributed by atoms with Gasteiger partial charge in [0.2, 0.25) is 5.82 Å². The third kappa shape index (κ3) is 5.05. The Bertz CT molecular complexity index is 1130. The number of nitrogens with one attached hydrogen (secondary N) is 1. The minimum Gasteiger partial charge on any atom is -0.461 e. The van der Waals surface area contributed by atoms with Crippen molar-refractivity contribution >= 4 is 29.0 Å². The van der Waals surface area contributed by atoms with Gasteiger partial charge in [-0.2, -0.15) is 0 Å². The van der Waals surface area contributed by atoms with Crippen molar-refractivity contribution in [1.29, 1.82) is 0 Å². The van der Waals surface area contributed by atoms with E-state index in [4.69, 9.17) is 4.42 Å². The molecule has 7 nitrogen and oxygen atoms in total. The molecule has 1 amide bonds. The van der Waals surface area contributed by atoms with Gasteiger partial charge in [-0.1, -0.05) is 42.8 Å². The van der Waals surface area contributed by atoms with Crippen molar-refractivity contribution in [3.63, 3.8) is 0 Å². The van der Waals surface area contributed by atoms with Gasteiger partial charge in [-0.3, -0.25) is 9.36 Å². The van der Waals surface area contributed by atoms with E-state index in [1.165, 1.54) is 28.7 Å². The number of carbonyl (C=O) groups is 1. The number of amides is 1. The molecule has 0 fully saturated rings. The highest BCUT2D eigenvalue weighted by Crippen LogP contribution is 2.30. The summed E-state index contributed by atoms with van der Waals surface area (Å²) < 4.78 is 7.55. The van der Waals surface area contributed by atoms with Crippen molar-refractivity contribution in [3.8, 4) is 17.3 Å². The van der Waals surface area contributed by atoms with Gasteiger partial charge in [0.05, 0.1) is 12.0 Å². The fourth-order valence-corrected chi connectivity index (χ4v) is 4.68. The molecule has 160 valence electrons. The van der Waals surface area contributed by atoms with Gasteiger partial charge in [-0.15, -0.1) is 21.5 Å². The maximum atomic E-state index is 12.2. The molecular weight excluding hydrogens is 430 g/mol. The van der Waals surface area contributed by atoms with Gasteiger partial charge in [-0.25, -0.2) is 4.98 Å². The van der Waals surface area contributed by atoms with Crippen molar-refractivity contribution in [3.05, 3.63) is 64.3 Å². The third-order valence-corrected chi connectivity index (χ3v) is 6.56. The smallest absolute Gasteiger partial charge is 0.270 e. The average Bonchev–Trinajstić information content (AvgIpc) is 3.53. The van der Waals surface area contributed by atoms with Crippen LogP contribution in [0.1, 0.15) is 40.8 Å². The number of aryl methyl sites for hydroxylation is 1. The molecule has 4 rings (SSSR count). The zero-order valence-corrected chi connectivity index (χ0v) is 19.0. The predicted octanol–water partition coefficient (Wildman–Crippen LogP) is 5.11. The highest BCUT2D eigenvalue weighted by Gasteiger charge is 2.19. The summed E-state index contributed by atoms with van der Waals surface area (Å²) in [7, 11) is 0. The zero-order valence-electron chi connectivity index (χ0n) is 17.4. The fraction of sp³-hybridized carbons (Fsp3) is 0.273. The Hall–Kier alpha value is -2.91. The Kier molecular flexibility index (Phi) is 6.83. The number of rotatable bonds is 9. The van der Waals surface area contributed by atoms with Crippen LogP contribution in [0.4, 0.5) is 0 Å². The minimum absolute atomic E-state index is 0.121. The molecule has 0 unspecified atom stereocenters. The van der Waals surface area contributed by atoms with Crippen LogP contribution in [-0.2, 0) is 5.75 Å². The van der Waals surface area contributed by atoms with E-state index in [-0.39, 0.29) is 5.91 Å². The number of thioether (sulfide) groups is 1. The first-order valence-electron chi connectivity index (χ1n) is 10.1. The van der Waals surface area contributed by atoms with E-state index >= 15 is 0 Å². The van der Waals surface area contributed by atoms with Gasteiger partial charge in [0.25, 0.3) is 5.91 Å². The molecule has 0 atom stereocenters. The molecule has 1 aromatic carbocycles. The van der Waals surface area contributed by atoms with Crippen LogP contribution in [0.2, 0.25) is 0 Å². The zero-order chi connectivity index (χ0) is 21.6. The lowest BCUT2D eigenvalue weighted by Gasteiger charge is -2.09. The van der Waals surface area contributed by atoms with Crippen LogP contribution in [0.15, 0.2) is 57.6 Å². The van der Waals surface area contributed by atoms with Gasteiger partial charge in [-0.05, 0) is 37.6 Å². The van der Waals surface area contributed by atoms with E-state index in [0.29, 0.717) is 29.6 Å². The lowest BCUT2D eigenvalue weighted by molar-refractivity contribution is 0.0948. The summed E-state index contributed by atoms with van der Waals surface area (Å²) in [6.45, 7) is 4.82. The lowest BCUT2D eigenvalue weighted by atomic mass is 10.2. The molecule has 3 aromatic heterocycles. The second-order valence-electron chi connectivity index (χ2n) is 6.98. The van der Waals surface area contributed by atoms with E-state index < -0.39 is 0 Å². The molecule has 0 aliphatic heterocycles. The first-order chi connectivity index (χ1) is 15.2. The molecule has 0 radical (unpaired) electrons. The number of unbranched alkanes of at least 4 members (excludes halogenated alkanes) is 1. The molecule has 1 N–H and O–H groups in total. The molecule has 3 heterocycles. The van der Waals surface area contributed by atoms with E-state index in [0.717, 1.165) is 28.7 Å². The maximum Gasteiger partial charge on any atom is 0.270 e. The first-order valence-corrected chi connectivity index (χ1v) is 11.9. The van der Waals surface area contributed by atoms with Crippen LogP contribution < -0.4 is 5.32 Å². The monoisotopic (exact) mass is 453 g/mol. The Balaban J connectivity index is 1.53. The molecule has 31 heavy (non-hydrogen) atoms. The Morgan fingerprint density at radius 2 is 2.06 bits per heavy atom. The molecule has 9 heteroatoms. The molecule has 0 bridgehead atoms. The Morgan fingerprint density at radius 1 is 1.23 bits per heavy atom. The minimum atomic E-state index is -0.121. The number of aromatic nitrogens is 4. The SMILES string of the molecule is CCCCNC(=O)c1csc(CSc2nnc(-c3ccco3)n2-c2ccc(C)cc2)n1.